The highest BCUT2D eigenvalue weighted by atomic mass is 35.5. The summed E-state index contributed by atoms with van der Waals surface area (Å²) < 4.78 is 26.0. The molecule has 0 aliphatic heterocycles. The van der Waals surface area contributed by atoms with E-state index < -0.39 is 22.1 Å². The van der Waals surface area contributed by atoms with E-state index in [2.05, 4.69) is 4.72 Å². The number of carbonyl (C=O) groups is 1. The molecule has 1 aromatic rings. The molecule has 1 rings (SSSR count). The van der Waals surface area contributed by atoms with Crippen LogP contribution in [0.2, 0.25) is 5.02 Å². The van der Waals surface area contributed by atoms with Gasteiger partial charge in [0.25, 0.3) is 0 Å². The van der Waals surface area contributed by atoms with Gasteiger partial charge < -0.3 is 10.2 Å². The van der Waals surface area contributed by atoms with E-state index >= 15 is 0 Å². The minimum absolute atomic E-state index is 0.0320. The van der Waals surface area contributed by atoms with Gasteiger partial charge in [0.1, 0.15) is 0 Å². The van der Waals surface area contributed by atoms with Gasteiger partial charge in [-0.3, -0.25) is 0 Å². The van der Waals surface area contributed by atoms with Crippen LogP contribution in [0.4, 0.5) is 0 Å². The van der Waals surface area contributed by atoms with Gasteiger partial charge >= 0.3 is 5.97 Å². The standard InChI is InChI=1S/C11H14ClNO5S/c1-7(14)4-5-13-19(17,18)8-2-3-10(12)9(6-8)11(15)16/h2-3,6-7,13-14H,4-5H2,1H3,(H,15,16). The average molecular weight is 308 g/mol. The zero-order valence-corrected chi connectivity index (χ0v) is 11.7. The van der Waals surface area contributed by atoms with Crippen LogP contribution in [0, 0.1) is 0 Å². The Balaban J connectivity index is 2.96. The topological polar surface area (TPSA) is 104 Å². The third-order valence-electron chi connectivity index (χ3n) is 2.33. The van der Waals surface area contributed by atoms with Gasteiger partial charge in [-0.15, -0.1) is 0 Å². The molecule has 0 aromatic heterocycles. The van der Waals surface area contributed by atoms with Crippen molar-refractivity contribution in [3.8, 4) is 0 Å². The van der Waals surface area contributed by atoms with E-state index in [0.29, 0.717) is 0 Å². The van der Waals surface area contributed by atoms with Crippen LogP contribution in [-0.4, -0.2) is 37.2 Å². The lowest BCUT2D eigenvalue weighted by Gasteiger charge is -2.09. The molecule has 1 atom stereocenters. The smallest absolute Gasteiger partial charge is 0.337 e. The maximum Gasteiger partial charge on any atom is 0.337 e. The van der Waals surface area contributed by atoms with Crippen molar-refractivity contribution in [2.45, 2.75) is 24.3 Å². The summed E-state index contributed by atoms with van der Waals surface area (Å²) in [5.41, 5.74) is -0.278. The van der Waals surface area contributed by atoms with E-state index in [1.54, 1.807) is 6.92 Å². The van der Waals surface area contributed by atoms with Gasteiger partial charge in [-0.05, 0) is 31.5 Å². The second-order valence-electron chi connectivity index (χ2n) is 3.98. The van der Waals surface area contributed by atoms with Crippen LogP contribution < -0.4 is 4.72 Å². The molecule has 0 amide bonds. The first-order chi connectivity index (χ1) is 8.74. The SMILES string of the molecule is CC(O)CCNS(=O)(=O)c1ccc(Cl)c(C(=O)O)c1. The van der Waals surface area contributed by atoms with Crippen LogP contribution in [0.15, 0.2) is 23.1 Å². The lowest BCUT2D eigenvalue weighted by molar-refractivity contribution is 0.0697. The van der Waals surface area contributed by atoms with Crippen molar-refractivity contribution >= 4 is 27.6 Å². The molecule has 0 saturated carbocycles. The van der Waals surface area contributed by atoms with E-state index in [4.69, 9.17) is 21.8 Å². The Morgan fingerprint density at radius 3 is 2.63 bits per heavy atom. The molecule has 1 aromatic carbocycles. The molecule has 0 spiro atoms. The predicted octanol–water partition coefficient (Wildman–Crippen LogP) is 1.09. The number of halogens is 1. The summed E-state index contributed by atoms with van der Waals surface area (Å²) >= 11 is 5.66. The Bertz CT molecular complexity index is 570. The van der Waals surface area contributed by atoms with Crippen LogP contribution in [0.3, 0.4) is 0 Å². The maximum atomic E-state index is 11.9. The lowest BCUT2D eigenvalue weighted by atomic mass is 10.2. The van der Waals surface area contributed by atoms with Crippen molar-refractivity contribution in [2.24, 2.45) is 0 Å². The number of aromatic carboxylic acids is 1. The van der Waals surface area contributed by atoms with E-state index in [0.717, 1.165) is 6.07 Å². The van der Waals surface area contributed by atoms with Crippen molar-refractivity contribution in [2.75, 3.05) is 6.54 Å². The second kappa shape index (κ2) is 6.33. The van der Waals surface area contributed by atoms with Gasteiger partial charge in [0.05, 0.1) is 21.6 Å². The molecule has 0 aliphatic rings. The van der Waals surface area contributed by atoms with Crippen molar-refractivity contribution in [1.82, 2.24) is 4.72 Å². The summed E-state index contributed by atoms with van der Waals surface area (Å²) in [4.78, 5) is 10.7. The fourth-order valence-electron chi connectivity index (χ4n) is 1.32. The minimum atomic E-state index is -3.81. The monoisotopic (exact) mass is 307 g/mol. The van der Waals surface area contributed by atoms with Gasteiger partial charge in [-0.2, -0.15) is 0 Å². The summed E-state index contributed by atoms with van der Waals surface area (Å²) in [5, 5.41) is 17.9. The highest BCUT2D eigenvalue weighted by Gasteiger charge is 2.18. The Morgan fingerprint density at radius 1 is 1.47 bits per heavy atom. The van der Waals surface area contributed by atoms with E-state index in [-0.39, 0.29) is 28.4 Å². The summed E-state index contributed by atoms with van der Waals surface area (Å²) in [6.07, 6.45) is -0.360. The molecule has 106 valence electrons. The highest BCUT2D eigenvalue weighted by Crippen LogP contribution is 2.20. The molecular weight excluding hydrogens is 294 g/mol. The molecule has 0 saturated heterocycles. The van der Waals surface area contributed by atoms with Crippen molar-refractivity contribution in [3.63, 3.8) is 0 Å². The Hall–Kier alpha value is -1.15. The molecule has 6 nitrogen and oxygen atoms in total. The molecule has 0 heterocycles. The Kier molecular flexibility index (Phi) is 5.30. The van der Waals surface area contributed by atoms with Gasteiger partial charge in [-0.1, -0.05) is 11.6 Å². The number of aliphatic hydroxyl groups is 1. The lowest BCUT2D eigenvalue weighted by Crippen LogP contribution is -2.27. The van der Waals surface area contributed by atoms with Gasteiger partial charge in [0, 0.05) is 6.54 Å². The predicted molar refractivity (Wildman–Crippen MR) is 69.9 cm³/mol. The van der Waals surface area contributed by atoms with Gasteiger partial charge in [-0.25, -0.2) is 17.9 Å². The first-order valence-electron chi connectivity index (χ1n) is 5.44. The number of rotatable bonds is 6. The Morgan fingerprint density at radius 2 is 2.11 bits per heavy atom. The number of sulfonamides is 1. The zero-order valence-electron chi connectivity index (χ0n) is 10.1. The molecule has 0 fully saturated rings. The maximum absolute atomic E-state index is 11.9. The minimum Gasteiger partial charge on any atom is -0.478 e. The normalized spacial score (nSPS) is 13.2. The number of hydrogen-bond donors (Lipinski definition) is 3. The number of aliphatic hydroxyl groups excluding tert-OH is 1. The number of nitrogens with one attached hydrogen (secondary N) is 1. The molecule has 1 unspecified atom stereocenters. The number of carboxylic acid groups (broad SMARTS) is 1. The third-order valence-corrected chi connectivity index (χ3v) is 4.12. The van der Waals surface area contributed by atoms with Gasteiger partial charge in [0.2, 0.25) is 10.0 Å². The summed E-state index contributed by atoms with van der Waals surface area (Å²) in [6.45, 7) is 1.60. The first-order valence-corrected chi connectivity index (χ1v) is 7.30. The van der Waals surface area contributed by atoms with E-state index in [1.165, 1.54) is 12.1 Å². The number of carboxylic acids is 1. The number of hydrogen-bond acceptors (Lipinski definition) is 4. The Labute approximate surface area is 116 Å². The molecule has 0 bridgehead atoms. The first kappa shape index (κ1) is 15.9. The molecular formula is C11H14ClNO5S. The van der Waals surface area contributed by atoms with Crippen LogP contribution in [-0.2, 0) is 10.0 Å². The van der Waals surface area contributed by atoms with Crippen LogP contribution in [0.1, 0.15) is 23.7 Å². The summed E-state index contributed by atoms with van der Waals surface area (Å²) in [7, 11) is -3.81. The summed E-state index contributed by atoms with van der Waals surface area (Å²) in [6, 6.07) is 3.43. The quantitative estimate of drug-likeness (QED) is 0.730. The fourth-order valence-corrected chi connectivity index (χ4v) is 2.59. The van der Waals surface area contributed by atoms with Crippen LogP contribution >= 0.6 is 11.6 Å². The highest BCUT2D eigenvalue weighted by molar-refractivity contribution is 7.89. The van der Waals surface area contributed by atoms with Crippen LogP contribution in [0.5, 0.6) is 0 Å². The van der Waals surface area contributed by atoms with Crippen molar-refractivity contribution in [3.05, 3.63) is 28.8 Å². The molecule has 19 heavy (non-hydrogen) atoms. The zero-order chi connectivity index (χ0) is 14.6. The summed E-state index contributed by atoms with van der Waals surface area (Å²) in [5.74, 6) is -1.30. The molecule has 0 radical (unpaired) electrons. The van der Waals surface area contributed by atoms with Crippen molar-refractivity contribution in [1.29, 1.82) is 0 Å². The molecule has 8 heteroatoms. The average Bonchev–Trinajstić information content (AvgIpc) is 2.27. The second-order valence-corrected chi connectivity index (χ2v) is 6.16. The molecule has 0 aliphatic carbocycles. The van der Waals surface area contributed by atoms with Gasteiger partial charge in [0.15, 0.2) is 0 Å². The number of benzene rings is 1. The largest absolute Gasteiger partial charge is 0.478 e. The third kappa shape index (κ3) is 4.46. The van der Waals surface area contributed by atoms with Crippen LogP contribution in [0.25, 0.3) is 0 Å². The van der Waals surface area contributed by atoms with E-state index in [1.807, 2.05) is 0 Å². The van der Waals surface area contributed by atoms with Crippen molar-refractivity contribution < 1.29 is 23.4 Å². The molecule has 3 N–H and O–H groups in total. The fraction of sp³-hybridized carbons (Fsp3) is 0.364. The van der Waals surface area contributed by atoms with E-state index in [9.17, 15) is 13.2 Å².